The Morgan fingerprint density at radius 1 is 0.756 bits per heavy atom. The summed E-state index contributed by atoms with van der Waals surface area (Å²) in [6.07, 6.45) is 0.0901. The van der Waals surface area contributed by atoms with Crippen LogP contribution in [0.2, 0.25) is 0 Å². The number of esters is 3. The van der Waals surface area contributed by atoms with Crippen molar-refractivity contribution in [1.29, 1.82) is 0 Å². The molecule has 0 aliphatic heterocycles. The molecule has 224 valence electrons. The zero-order valence-electron chi connectivity index (χ0n) is 24.4. The summed E-state index contributed by atoms with van der Waals surface area (Å²) in [5.41, 5.74) is 6.63. The molecule has 10 heteroatoms. The third kappa shape index (κ3) is 13.3. The second-order valence-corrected chi connectivity index (χ2v) is 10.6. The van der Waals surface area contributed by atoms with Crippen molar-refractivity contribution in [3.8, 4) is 17.2 Å². The van der Waals surface area contributed by atoms with Crippen LogP contribution in [0, 0.1) is 11.8 Å². The first-order valence-corrected chi connectivity index (χ1v) is 13.8. The fourth-order valence-corrected chi connectivity index (χ4v) is 3.45. The van der Waals surface area contributed by atoms with Crippen LogP contribution in [-0.4, -0.2) is 42.8 Å². The number of carbonyl (C=O) groups is 4. The van der Waals surface area contributed by atoms with Crippen LogP contribution in [0.15, 0.2) is 48.5 Å². The quantitative estimate of drug-likeness (QED) is 0.168. The fourth-order valence-electron chi connectivity index (χ4n) is 3.45. The summed E-state index contributed by atoms with van der Waals surface area (Å²) in [6, 6.07) is 12.0. The average Bonchev–Trinajstić information content (AvgIpc) is 2.91. The van der Waals surface area contributed by atoms with Gasteiger partial charge >= 0.3 is 24.1 Å². The van der Waals surface area contributed by atoms with Crippen molar-refractivity contribution in [3.05, 3.63) is 54.1 Å². The number of para-hydroxylation sites is 1. The molecule has 0 aliphatic rings. The van der Waals surface area contributed by atoms with E-state index in [-0.39, 0.29) is 37.4 Å². The van der Waals surface area contributed by atoms with Gasteiger partial charge in [-0.05, 0) is 67.9 Å². The van der Waals surface area contributed by atoms with Gasteiger partial charge < -0.3 is 29.4 Å². The summed E-state index contributed by atoms with van der Waals surface area (Å²) in [5, 5.41) is 0. The highest BCUT2D eigenvalue weighted by Gasteiger charge is 2.21. The molecule has 0 aliphatic carbocycles. The Morgan fingerprint density at radius 3 is 1.93 bits per heavy atom. The monoisotopic (exact) mass is 571 g/mol. The second-order valence-electron chi connectivity index (χ2n) is 10.6. The van der Waals surface area contributed by atoms with E-state index in [9.17, 15) is 19.2 Å². The topological polar surface area (TPSA) is 140 Å². The maximum absolute atomic E-state index is 12.5. The normalized spacial score (nSPS) is 12.4. The Kier molecular flexibility index (Phi) is 13.8. The highest BCUT2D eigenvalue weighted by molar-refractivity contribution is 5.77. The minimum Gasteiger partial charge on any atom is -0.461 e. The lowest BCUT2D eigenvalue weighted by Crippen LogP contribution is -2.36. The first-order valence-electron chi connectivity index (χ1n) is 13.8. The van der Waals surface area contributed by atoms with Crippen LogP contribution in [0.1, 0.15) is 65.9 Å². The van der Waals surface area contributed by atoms with Gasteiger partial charge in [0.2, 0.25) is 0 Å². The summed E-state index contributed by atoms with van der Waals surface area (Å²) in [4.78, 5) is 49.2. The van der Waals surface area contributed by atoms with Crippen LogP contribution in [0.5, 0.6) is 17.2 Å². The van der Waals surface area contributed by atoms with E-state index in [0.29, 0.717) is 36.0 Å². The van der Waals surface area contributed by atoms with Crippen LogP contribution >= 0.6 is 0 Å². The van der Waals surface area contributed by atoms with Gasteiger partial charge in [-0.25, -0.2) is 4.79 Å². The Labute approximate surface area is 241 Å². The van der Waals surface area contributed by atoms with E-state index in [0.717, 1.165) is 0 Å². The molecule has 0 fully saturated rings. The summed E-state index contributed by atoms with van der Waals surface area (Å²) < 4.78 is 26.4. The Hall–Kier alpha value is -3.92. The molecule has 0 unspecified atom stereocenters. The van der Waals surface area contributed by atoms with Crippen molar-refractivity contribution in [2.45, 2.75) is 78.9 Å². The molecule has 0 radical (unpaired) electrons. The lowest BCUT2D eigenvalue weighted by atomic mass is 10.1. The van der Waals surface area contributed by atoms with Crippen molar-refractivity contribution in [1.82, 2.24) is 0 Å². The molecule has 2 rings (SSSR count). The number of benzene rings is 2. The number of hydrogen-bond donors (Lipinski definition) is 1. The molecule has 0 amide bonds. The highest BCUT2D eigenvalue weighted by Crippen LogP contribution is 2.30. The van der Waals surface area contributed by atoms with Crippen molar-refractivity contribution in [2.24, 2.45) is 17.6 Å². The minimum absolute atomic E-state index is 0.0578. The Bertz CT molecular complexity index is 1150. The van der Waals surface area contributed by atoms with E-state index >= 15 is 0 Å². The van der Waals surface area contributed by atoms with Crippen molar-refractivity contribution in [3.63, 3.8) is 0 Å². The van der Waals surface area contributed by atoms with Crippen molar-refractivity contribution >= 4 is 24.1 Å². The predicted molar refractivity (Wildman–Crippen MR) is 152 cm³/mol. The van der Waals surface area contributed by atoms with Crippen LogP contribution in [0.3, 0.4) is 0 Å². The van der Waals surface area contributed by atoms with E-state index in [1.54, 1.807) is 43.3 Å². The third-order valence-electron chi connectivity index (χ3n) is 5.77. The van der Waals surface area contributed by atoms with E-state index in [2.05, 4.69) is 0 Å². The number of hydrogen-bond acceptors (Lipinski definition) is 10. The molecule has 0 heterocycles. The SMILES string of the molecule is CC(C)CCC(=O)Oc1ccc(C[C@H](N)C(=O)OC[C@H](C)OC(=O)Oc2ccccc2)cc1OC(=O)CCC(C)C. The van der Waals surface area contributed by atoms with E-state index in [1.165, 1.54) is 12.1 Å². The van der Waals surface area contributed by atoms with Gasteiger partial charge in [0.05, 0.1) is 0 Å². The molecular formula is C31H41NO9. The molecule has 2 aromatic carbocycles. The third-order valence-corrected chi connectivity index (χ3v) is 5.77. The highest BCUT2D eigenvalue weighted by atomic mass is 16.7. The average molecular weight is 572 g/mol. The first kappa shape index (κ1) is 33.3. The lowest BCUT2D eigenvalue weighted by molar-refractivity contribution is -0.148. The second kappa shape index (κ2) is 17.0. The molecule has 0 saturated heterocycles. The fraction of sp³-hybridized carbons (Fsp3) is 0.484. The maximum atomic E-state index is 12.5. The largest absolute Gasteiger partial charge is 0.514 e. The number of carbonyl (C=O) groups excluding carboxylic acids is 4. The molecule has 0 bridgehead atoms. The number of nitrogens with two attached hydrogens (primary N) is 1. The van der Waals surface area contributed by atoms with Gasteiger partial charge in [-0.1, -0.05) is 52.0 Å². The summed E-state index contributed by atoms with van der Waals surface area (Å²) in [6.45, 7) is 9.34. The van der Waals surface area contributed by atoms with Gasteiger partial charge in [0.1, 0.15) is 24.5 Å². The molecule has 0 saturated carbocycles. The van der Waals surface area contributed by atoms with Crippen LogP contribution in [0.25, 0.3) is 0 Å². The molecule has 10 nitrogen and oxygen atoms in total. The molecule has 0 aromatic heterocycles. The molecular weight excluding hydrogens is 530 g/mol. The van der Waals surface area contributed by atoms with Crippen LogP contribution < -0.4 is 19.9 Å². The van der Waals surface area contributed by atoms with Crippen molar-refractivity contribution in [2.75, 3.05) is 6.61 Å². The molecule has 41 heavy (non-hydrogen) atoms. The van der Waals surface area contributed by atoms with Gasteiger partial charge in [-0.15, -0.1) is 0 Å². The standard InChI is InChI=1S/C31H41NO9/c1-20(2)11-15-28(33)40-26-14-13-23(18-27(26)41-29(34)16-12-21(3)4)17-25(32)30(35)37-19-22(5)38-31(36)39-24-9-7-6-8-10-24/h6-10,13-14,18,20-22,25H,11-12,15-17,19,32H2,1-5H3/t22-,25-/m0/s1. The lowest BCUT2D eigenvalue weighted by Gasteiger charge is -2.17. The Balaban J connectivity index is 1.97. The zero-order valence-corrected chi connectivity index (χ0v) is 24.4. The van der Waals surface area contributed by atoms with Crippen LogP contribution in [0.4, 0.5) is 4.79 Å². The zero-order chi connectivity index (χ0) is 30.4. The molecule has 2 aromatic rings. The number of ether oxygens (including phenoxy) is 5. The first-order chi connectivity index (χ1) is 19.4. The number of rotatable bonds is 15. The minimum atomic E-state index is -1.05. The van der Waals surface area contributed by atoms with Gasteiger partial charge in [0.25, 0.3) is 0 Å². The molecule has 2 N–H and O–H groups in total. The van der Waals surface area contributed by atoms with Gasteiger partial charge in [-0.3, -0.25) is 14.4 Å². The van der Waals surface area contributed by atoms with Gasteiger partial charge in [-0.2, -0.15) is 0 Å². The summed E-state index contributed by atoms with van der Waals surface area (Å²) >= 11 is 0. The van der Waals surface area contributed by atoms with E-state index < -0.39 is 36.2 Å². The smallest absolute Gasteiger partial charge is 0.461 e. The summed E-state index contributed by atoms with van der Waals surface area (Å²) in [7, 11) is 0. The van der Waals surface area contributed by atoms with Gasteiger partial charge in [0, 0.05) is 12.8 Å². The van der Waals surface area contributed by atoms with Crippen molar-refractivity contribution < 1.29 is 42.9 Å². The predicted octanol–water partition coefficient (Wildman–Crippen LogP) is 5.39. The Morgan fingerprint density at radius 2 is 1.34 bits per heavy atom. The van der Waals surface area contributed by atoms with Crippen LogP contribution in [-0.2, 0) is 30.3 Å². The van der Waals surface area contributed by atoms with Gasteiger partial charge in [0.15, 0.2) is 11.5 Å². The summed E-state index contributed by atoms with van der Waals surface area (Å²) in [5.74, 6) is -0.444. The maximum Gasteiger partial charge on any atom is 0.514 e. The molecule has 0 spiro atoms. The van der Waals surface area contributed by atoms with E-state index in [4.69, 9.17) is 29.4 Å². The molecule has 2 atom stereocenters. The van der Waals surface area contributed by atoms with E-state index in [1.807, 2.05) is 27.7 Å².